The number of hydrogen-bond donors (Lipinski definition) is 4. The van der Waals surface area contributed by atoms with Crippen LogP contribution in [0.1, 0.15) is 57.1 Å². The van der Waals surface area contributed by atoms with Crippen LogP contribution in [-0.4, -0.2) is 53.7 Å². The van der Waals surface area contributed by atoms with Gasteiger partial charge in [-0.25, -0.2) is 9.59 Å². The summed E-state index contributed by atoms with van der Waals surface area (Å²) in [7, 11) is 0. The Morgan fingerprint density at radius 1 is 1.00 bits per heavy atom. The highest BCUT2D eigenvalue weighted by molar-refractivity contribution is 5.93. The van der Waals surface area contributed by atoms with Gasteiger partial charge in [-0.1, -0.05) is 62.7 Å². The first-order valence-electron chi connectivity index (χ1n) is 13.7. The van der Waals surface area contributed by atoms with Crippen molar-refractivity contribution in [3.63, 3.8) is 0 Å². The lowest BCUT2D eigenvalue weighted by molar-refractivity contribution is -0.142. The molecule has 2 aliphatic rings. The predicted octanol–water partition coefficient (Wildman–Crippen LogP) is 3.58. The number of benzene rings is 2. The number of alkyl carbamates (subject to hydrolysis) is 1. The van der Waals surface area contributed by atoms with Crippen LogP contribution in [0.25, 0.3) is 0 Å². The molecule has 2 aromatic rings. The Labute approximate surface area is 234 Å². The van der Waals surface area contributed by atoms with E-state index in [4.69, 9.17) is 9.47 Å². The number of carbonyl (C=O) groups is 4. The SMILES string of the molecule is CC(C)C[C@@H]1NC(=O)[C@@H](NC(=O)OCc2ccccc2)Cc2ccc(cc2)OCCCCC[C@@H](C(=O)O)NC1=O. The normalized spacial score (nSPS) is 20.8. The summed E-state index contributed by atoms with van der Waals surface area (Å²) >= 11 is 0. The van der Waals surface area contributed by atoms with Crippen molar-refractivity contribution in [1.29, 1.82) is 0 Å². The molecule has 0 unspecified atom stereocenters. The fraction of sp³-hybridized carbons (Fsp3) is 0.467. The summed E-state index contributed by atoms with van der Waals surface area (Å²) in [6.45, 7) is 4.31. The van der Waals surface area contributed by atoms with Crippen LogP contribution in [0.2, 0.25) is 0 Å². The molecule has 2 bridgehead atoms. The van der Waals surface area contributed by atoms with Crippen LogP contribution in [0.15, 0.2) is 54.6 Å². The number of nitrogens with one attached hydrogen (secondary N) is 3. The first-order valence-corrected chi connectivity index (χ1v) is 13.7. The number of fused-ring (bicyclic) bond motifs is 15. The number of carboxylic acid groups (broad SMARTS) is 1. The van der Waals surface area contributed by atoms with Crippen molar-refractivity contribution in [2.75, 3.05) is 6.61 Å². The Balaban J connectivity index is 1.82. The first kappa shape index (κ1) is 30.5. The molecule has 216 valence electrons. The zero-order valence-corrected chi connectivity index (χ0v) is 23.1. The summed E-state index contributed by atoms with van der Waals surface area (Å²) in [5, 5.41) is 17.6. The minimum absolute atomic E-state index is 0.0298. The van der Waals surface area contributed by atoms with Gasteiger partial charge in [-0.15, -0.1) is 0 Å². The standard InChI is InChI=1S/C30H39N3O7/c1-20(2)17-25-27(34)31-24(29(36)37)11-7-4-8-16-39-23-14-12-21(13-15-23)18-26(28(35)32-25)33-30(38)40-19-22-9-5-3-6-10-22/h3,5-6,9-10,12-15,20,24-26H,4,7-8,11,16-19H2,1-2H3,(H,31,34)(H,32,35)(H,33,38)(H,36,37)/t24-,25-,26-/m0/s1. The largest absolute Gasteiger partial charge is 0.494 e. The van der Waals surface area contributed by atoms with Gasteiger partial charge in [0.15, 0.2) is 0 Å². The summed E-state index contributed by atoms with van der Waals surface area (Å²) in [4.78, 5) is 51.2. The predicted molar refractivity (Wildman–Crippen MR) is 149 cm³/mol. The van der Waals surface area contributed by atoms with E-state index >= 15 is 0 Å². The molecule has 40 heavy (non-hydrogen) atoms. The molecule has 4 rings (SSSR count). The number of amides is 3. The maximum absolute atomic E-state index is 13.5. The highest BCUT2D eigenvalue weighted by Crippen LogP contribution is 2.16. The second-order valence-electron chi connectivity index (χ2n) is 10.4. The molecular weight excluding hydrogens is 514 g/mol. The zero-order valence-electron chi connectivity index (χ0n) is 23.1. The number of aliphatic carboxylic acids is 1. The van der Waals surface area contributed by atoms with E-state index in [0.717, 1.165) is 24.0 Å². The highest BCUT2D eigenvalue weighted by Gasteiger charge is 2.30. The maximum atomic E-state index is 13.5. The van der Waals surface area contributed by atoms with E-state index in [-0.39, 0.29) is 25.4 Å². The van der Waals surface area contributed by atoms with Crippen LogP contribution in [0.5, 0.6) is 5.75 Å². The topological polar surface area (TPSA) is 143 Å². The molecule has 0 fully saturated rings. The van der Waals surface area contributed by atoms with Gasteiger partial charge in [0.2, 0.25) is 11.8 Å². The van der Waals surface area contributed by atoms with Gasteiger partial charge in [-0.2, -0.15) is 0 Å². The molecule has 10 heteroatoms. The van der Waals surface area contributed by atoms with Crippen molar-refractivity contribution in [3.05, 3.63) is 65.7 Å². The van der Waals surface area contributed by atoms with Crippen LogP contribution < -0.4 is 20.7 Å². The van der Waals surface area contributed by atoms with E-state index in [1.807, 2.05) is 56.3 Å². The summed E-state index contributed by atoms with van der Waals surface area (Å²) in [5.74, 6) is -1.57. The lowest BCUT2D eigenvalue weighted by Gasteiger charge is -2.25. The minimum Gasteiger partial charge on any atom is -0.494 e. The zero-order chi connectivity index (χ0) is 28.9. The van der Waals surface area contributed by atoms with Crippen LogP contribution in [0, 0.1) is 5.92 Å². The molecule has 0 aliphatic carbocycles. The van der Waals surface area contributed by atoms with E-state index in [1.54, 1.807) is 12.1 Å². The van der Waals surface area contributed by atoms with Crippen LogP contribution in [-0.2, 0) is 32.1 Å². The van der Waals surface area contributed by atoms with Gasteiger partial charge in [0.1, 0.15) is 30.5 Å². The van der Waals surface area contributed by atoms with Crippen LogP contribution >= 0.6 is 0 Å². The molecule has 0 aromatic heterocycles. The lowest BCUT2D eigenvalue weighted by atomic mass is 10.00. The van der Waals surface area contributed by atoms with Gasteiger partial charge in [0, 0.05) is 6.42 Å². The van der Waals surface area contributed by atoms with Gasteiger partial charge in [0.25, 0.3) is 0 Å². The molecule has 3 amide bonds. The Morgan fingerprint density at radius 3 is 2.40 bits per heavy atom. The lowest BCUT2D eigenvalue weighted by Crippen LogP contribution is -2.56. The fourth-order valence-corrected chi connectivity index (χ4v) is 4.40. The van der Waals surface area contributed by atoms with E-state index in [9.17, 15) is 24.3 Å². The van der Waals surface area contributed by atoms with E-state index in [0.29, 0.717) is 25.2 Å². The van der Waals surface area contributed by atoms with Crippen molar-refractivity contribution in [2.45, 2.75) is 77.1 Å². The summed E-state index contributed by atoms with van der Waals surface area (Å²) in [6, 6.07) is 13.3. The van der Waals surface area contributed by atoms with Crippen LogP contribution in [0.4, 0.5) is 4.79 Å². The summed E-state index contributed by atoms with van der Waals surface area (Å²) in [5.41, 5.74) is 1.57. The molecule has 3 atom stereocenters. The minimum atomic E-state index is -1.13. The smallest absolute Gasteiger partial charge is 0.408 e. The fourth-order valence-electron chi connectivity index (χ4n) is 4.40. The number of carboxylic acids is 1. The van der Waals surface area contributed by atoms with Crippen molar-refractivity contribution in [2.24, 2.45) is 5.92 Å². The molecule has 2 heterocycles. The average Bonchev–Trinajstić information content (AvgIpc) is 2.92. The molecule has 2 aromatic carbocycles. The Bertz CT molecular complexity index is 1120. The number of ether oxygens (including phenoxy) is 2. The first-order chi connectivity index (χ1) is 19.2. The van der Waals surface area contributed by atoms with Gasteiger partial charge in [-0.05, 0) is 54.9 Å². The number of rotatable bonds is 6. The highest BCUT2D eigenvalue weighted by atomic mass is 16.5. The third-order valence-corrected chi connectivity index (χ3v) is 6.55. The quantitative estimate of drug-likeness (QED) is 0.428. The third kappa shape index (κ3) is 10.2. The van der Waals surface area contributed by atoms with Gasteiger partial charge in [-0.3, -0.25) is 9.59 Å². The maximum Gasteiger partial charge on any atom is 0.408 e. The Morgan fingerprint density at radius 2 is 1.73 bits per heavy atom. The molecule has 2 aliphatic heterocycles. The van der Waals surface area contributed by atoms with Crippen molar-refractivity contribution in [3.8, 4) is 5.75 Å². The van der Waals surface area contributed by atoms with Crippen molar-refractivity contribution >= 4 is 23.9 Å². The molecule has 4 N–H and O–H groups in total. The molecule has 0 radical (unpaired) electrons. The van der Waals surface area contributed by atoms with Gasteiger partial charge < -0.3 is 30.5 Å². The Kier molecular flexibility index (Phi) is 11.8. The van der Waals surface area contributed by atoms with E-state index in [2.05, 4.69) is 16.0 Å². The third-order valence-electron chi connectivity index (χ3n) is 6.55. The van der Waals surface area contributed by atoms with Crippen molar-refractivity contribution < 1.29 is 33.8 Å². The molecule has 0 spiro atoms. The van der Waals surface area contributed by atoms with Crippen molar-refractivity contribution in [1.82, 2.24) is 16.0 Å². The van der Waals surface area contributed by atoms with E-state index < -0.39 is 42.0 Å². The summed E-state index contributed by atoms with van der Waals surface area (Å²) in [6.07, 6.45) is 2.00. The number of carbonyl (C=O) groups excluding carboxylic acids is 3. The monoisotopic (exact) mass is 553 g/mol. The second-order valence-corrected chi connectivity index (χ2v) is 10.4. The average molecular weight is 554 g/mol. The molecular formula is C30H39N3O7. The van der Waals surface area contributed by atoms with Crippen LogP contribution in [0.3, 0.4) is 0 Å². The summed E-state index contributed by atoms with van der Waals surface area (Å²) < 4.78 is 11.1. The van der Waals surface area contributed by atoms with Gasteiger partial charge >= 0.3 is 12.1 Å². The van der Waals surface area contributed by atoms with E-state index in [1.165, 1.54) is 0 Å². The Hall–Kier alpha value is -4.08. The second kappa shape index (κ2) is 15.5. The molecule has 0 saturated heterocycles. The number of hydrogen-bond acceptors (Lipinski definition) is 6. The molecule has 0 saturated carbocycles. The molecule has 10 nitrogen and oxygen atoms in total. The van der Waals surface area contributed by atoms with Gasteiger partial charge in [0.05, 0.1) is 6.61 Å².